The Kier molecular flexibility index (Phi) is 6.04. The van der Waals surface area contributed by atoms with Gasteiger partial charge in [0.2, 0.25) is 11.8 Å². The van der Waals surface area contributed by atoms with Crippen LogP contribution in [0.4, 0.5) is 0 Å². The lowest BCUT2D eigenvalue weighted by molar-refractivity contribution is -0.131. The van der Waals surface area contributed by atoms with Crippen LogP contribution in [-0.2, 0) is 9.59 Å². The van der Waals surface area contributed by atoms with Crippen molar-refractivity contribution in [2.24, 2.45) is 0 Å². The molecule has 2 unspecified atom stereocenters. The number of piperazine rings is 1. The Hall–Kier alpha value is -1.92. The van der Waals surface area contributed by atoms with E-state index in [1.54, 1.807) is 0 Å². The molecule has 2 atom stereocenters. The van der Waals surface area contributed by atoms with E-state index in [0.717, 1.165) is 51.3 Å². The maximum absolute atomic E-state index is 12.8. The summed E-state index contributed by atoms with van der Waals surface area (Å²) in [5.74, 6) is 0.0157. The van der Waals surface area contributed by atoms with Gasteiger partial charge in [0, 0.05) is 52.2 Å². The number of benzene rings is 1. The molecule has 136 valence electrons. The first-order valence-corrected chi connectivity index (χ1v) is 9.18. The quantitative estimate of drug-likeness (QED) is 0.828. The van der Waals surface area contributed by atoms with E-state index in [-0.39, 0.29) is 17.9 Å². The Morgan fingerprint density at radius 1 is 1.20 bits per heavy atom. The summed E-state index contributed by atoms with van der Waals surface area (Å²) in [4.78, 5) is 28.8. The predicted octanol–water partition coefficient (Wildman–Crippen LogP) is 0.760. The van der Waals surface area contributed by atoms with Gasteiger partial charge in [-0.05, 0) is 12.0 Å². The third kappa shape index (κ3) is 4.80. The van der Waals surface area contributed by atoms with Gasteiger partial charge < -0.3 is 15.5 Å². The summed E-state index contributed by atoms with van der Waals surface area (Å²) in [5.41, 5.74) is 0.976. The highest BCUT2D eigenvalue weighted by atomic mass is 16.2. The van der Waals surface area contributed by atoms with E-state index in [0.29, 0.717) is 12.5 Å². The van der Waals surface area contributed by atoms with Crippen molar-refractivity contribution >= 4 is 11.8 Å². The van der Waals surface area contributed by atoms with Gasteiger partial charge in [-0.2, -0.15) is 0 Å². The van der Waals surface area contributed by atoms with Crippen LogP contribution < -0.4 is 10.6 Å². The monoisotopic (exact) mass is 344 g/mol. The Morgan fingerprint density at radius 3 is 2.60 bits per heavy atom. The van der Waals surface area contributed by atoms with Crippen molar-refractivity contribution in [3.63, 3.8) is 0 Å². The zero-order chi connectivity index (χ0) is 17.6. The molecule has 2 fully saturated rings. The third-order valence-electron chi connectivity index (χ3n) is 5.14. The van der Waals surface area contributed by atoms with Crippen LogP contribution in [0.15, 0.2) is 30.3 Å². The third-order valence-corrected chi connectivity index (χ3v) is 5.14. The molecule has 6 nitrogen and oxygen atoms in total. The van der Waals surface area contributed by atoms with E-state index in [2.05, 4.69) is 15.5 Å². The van der Waals surface area contributed by atoms with E-state index in [4.69, 9.17) is 0 Å². The Labute approximate surface area is 149 Å². The number of nitrogens with zero attached hydrogens (tertiary/aromatic N) is 2. The van der Waals surface area contributed by atoms with Crippen molar-refractivity contribution in [3.8, 4) is 0 Å². The lowest BCUT2D eigenvalue weighted by Gasteiger charge is -2.32. The number of amides is 2. The first-order chi connectivity index (χ1) is 12.1. The molecule has 25 heavy (non-hydrogen) atoms. The van der Waals surface area contributed by atoms with Crippen LogP contribution >= 0.6 is 0 Å². The van der Waals surface area contributed by atoms with Gasteiger partial charge in [0.25, 0.3) is 0 Å². The van der Waals surface area contributed by atoms with Crippen LogP contribution in [0.25, 0.3) is 0 Å². The average molecular weight is 344 g/mol. The molecule has 0 saturated carbocycles. The molecule has 0 spiro atoms. The molecule has 1 aromatic carbocycles. The first kappa shape index (κ1) is 17.9. The van der Waals surface area contributed by atoms with E-state index >= 15 is 0 Å². The summed E-state index contributed by atoms with van der Waals surface area (Å²) in [6.07, 6.45) is 1.36. The lowest BCUT2D eigenvalue weighted by atomic mass is 10.0. The van der Waals surface area contributed by atoms with Gasteiger partial charge >= 0.3 is 0 Å². The molecule has 3 rings (SSSR count). The molecule has 1 aromatic rings. The highest BCUT2D eigenvalue weighted by molar-refractivity contribution is 5.79. The Bertz CT molecular complexity index is 586. The fourth-order valence-electron chi connectivity index (χ4n) is 3.80. The Morgan fingerprint density at radius 2 is 1.92 bits per heavy atom. The van der Waals surface area contributed by atoms with Crippen molar-refractivity contribution in [1.29, 1.82) is 0 Å². The van der Waals surface area contributed by atoms with Gasteiger partial charge in [-0.1, -0.05) is 30.3 Å². The fourth-order valence-corrected chi connectivity index (χ4v) is 3.80. The maximum Gasteiger partial charge on any atom is 0.225 e. The number of hydrogen-bond acceptors (Lipinski definition) is 4. The minimum Gasteiger partial charge on any atom is -0.349 e. The highest BCUT2D eigenvalue weighted by Gasteiger charge is 2.32. The SMILES string of the molecule is CC(=O)NC(CC(=O)N1CCC(N2CCNCC2)C1)c1ccccc1. The molecular weight excluding hydrogens is 316 g/mol. The van der Waals surface area contributed by atoms with Crippen molar-refractivity contribution in [1.82, 2.24) is 20.4 Å². The second-order valence-corrected chi connectivity index (χ2v) is 6.94. The predicted molar refractivity (Wildman–Crippen MR) is 97.0 cm³/mol. The summed E-state index contributed by atoms with van der Waals surface area (Å²) in [7, 11) is 0. The zero-order valence-corrected chi connectivity index (χ0v) is 14.9. The molecule has 6 heteroatoms. The largest absolute Gasteiger partial charge is 0.349 e. The molecule has 2 N–H and O–H groups in total. The lowest BCUT2D eigenvalue weighted by Crippen LogP contribution is -2.49. The van der Waals surface area contributed by atoms with Gasteiger partial charge in [0.15, 0.2) is 0 Å². The van der Waals surface area contributed by atoms with Crippen molar-refractivity contribution < 1.29 is 9.59 Å². The zero-order valence-electron chi connectivity index (χ0n) is 14.9. The second kappa shape index (κ2) is 8.45. The van der Waals surface area contributed by atoms with Crippen LogP contribution in [-0.4, -0.2) is 66.9 Å². The molecule has 2 aliphatic rings. The van der Waals surface area contributed by atoms with E-state index in [1.807, 2.05) is 35.2 Å². The number of likely N-dealkylation sites (tertiary alicyclic amines) is 1. The minimum atomic E-state index is -0.260. The van der Waals surface area contributed by atoms with Crippen molar-refractivity contribution in [2.45, 2.75) is 31.8 Å². The van der Waals surface area contributed by atoms with Gasteiger partial charge in [-0.25, -0.2) is 0 Å². The van der Waals surface area contributed by atoms with Crippen LogP contribution in [0.5, 0.6) is 0 Å². The standard InChI is InChI=1S/C19H28N4O2/c1-15(24)21-18(16-5-3-2-4-6-16)13-19(25)23-10-7-17(14-23)22-11-8-20-9-12-22/h2-6,17-18,20H,7-14H2,1H3,(H,21,24). The van der Waals surface area contributed by atoms with E-state index < -0.39 is 0 Å². The molecule has 2 heterocycles. The minimum absolute atomic E-state index is 0.109. The normalized spacial score (nSPS) is 22.6. The summed E-state index contributed by atoms with van der Waals surface area (Å²) in [5, 5.41) is 6.29. The Balaban J connectivity index is 1.59. The molecule has 2 saturated heterocycles. The number of nitrogens with one attached hydrogen (secondary N) is 2. The van der Waals surface area contributed by atoms with Crippen LogP contribution in [0, 0.1) is 0 Å². The van der Waals surface area contributed by atoms with Crippen LogP contribution in [0.1, 0.15) is 31.4 Å². The smallest absolute Gasteiger partial charge is 0.225 e. The number of carbonyl (C=O) groups excluding carboxylic acids is 2. The summed E-state index contributed by atoms with van der Waals surface area (Å²) >= 11 is 0. The van der Waals surface area contributed by atoms with Gasteiger partial charge in [0.1, 0.15) is 0 Å². The number of rotatable bonds is 5. The maximum atomic E-state index is 12.8. The van der Waals surface area contributed by atoms with E-state index in [1.165, 1.54) is 6.92 Å². The van der Waals surface area contributed by atoms with Gasteiger partial charge in [-0.3, -0.25) is 14.5 Å². The molecule has 0 bridgehead atoms. The number of hydrogen-bond donors (Lipinski definition) is 2. The molecule has 2 amide bonds. The number of carbonyl (C=O) groups is 2. The topological polar surface area (TPSA) is 64.7 Å². The van der Waals surface area contributed by atoms with Gasteiger partial charge in [-0.15, -0.1) is 0 Å². The average Bonchev–Trinajstić information content (AvgIpc) is 3.12. The summed E-state index contributed by atoms with van der Waals surface area (Å²) in [6, 6.07) is 9.94. The molecule has 2 aliphatic heterocycles. The van der Waals surface area contributed by atoms with Crippen LogP contribution in [0.3, 0.4) is 0 Å². The van der Waals surface area contributed by atoms with Gasteiger partial charge in [0.05, 0.1) is 12.5 Å². The molecule has 0 aromatic heterocycles. The first-order valence-electron chi connectivity index (χ1n) is 9.18. The summed E-state index contributed by atoms with van der Waals surface area (Å²) in [6.45, 7) is 7.30. The van der Waals surface area contributed by atoms with E-state index in [9.17, 15) is 9.59 Å². The fraction of sp³-hybridized carbons (Fsp3) is 0.579. The van der Waals surface area contributed by atoms with Crippen LogP contribution in [0.2, 0.25) is 0 Å². The molecular formula is C19H28N4O2. The van der Waals surface area contributed by atoms with Crippen molar-refractivity contribution in [2.75, 3.05) is 39.3 Å². The summed E-state index contributed by atoms with van der Waals surface area (Å²) < 4.78 is 0. The van der Waals surface area contributed by atoms with Crippen molar-refractivity contribution in [3.05, 3.63) is 35.9 Å². The second-order valence-electron chi connectivity index (χ2n) is 6.94. The molecule has 0 radical (unpaired) electrons. The highest BCUT2D eigenvalue weighted by Crippen LogP contribution is 2.22. The molecule has 0 aliphatic carbocycles.